The van der Waals surface area contributed by atoms with Crippen LogP contribution in [-0.2, 0) is 11.3 Å². The number of aliphatic hydroxyl groups is 4. The number of nitrogens with zero attached hydrogens (tertiary/aromatic N) is 2. The van der Waals surface area contributed by atoms with Crippen molar-refractivity contribution < 1.29 is 34.7 Å². The summed E-state index contributed by atoms with van der Waals surface area (Å²) in [5, 5.41) is 36.7. The zero-order valence-corrected chi connectivity index (χ0v) is 20.9. The number of methoxy groups -OCH3 is 1. The van der Waals surface area contributed by atoms with Crippen LogP contribution in [0, 0.1) is 0 Å². The molecule has 0 aliphatic heterocycles. The molecule has 3 unspecified atom stereocenters. The molecule has 10 nitrogen and oxygen atoms in total. The molecule has 0 aliphatic rings. The Morgan fingerprint density at radius 1 is 1.17 bits per heavy atom. The minimum Gasteiger partial charge on any atom is -0.497 e. The number of nitrogens with two attached hydrogens (primary N) is 1. The summed E-state index contributed by atoms with van der Waals surface area (Å²) in [7, 11) is 1.62. The fourth-order valence-corrected chi connectivity index (χ4v) is 4.66. The summed E-state index contributed by atoms with van der Waals surface area (Å²) in [5.41, 5.74) is 7.92. The Hall–Kier alpha value is -3.06. The second-order valence-corrected chi connectivity index (χ2v) is 9.22. The summed E-state index contributed by atoms with van der Waals surface area (Å²) in [4.78, 5) is 16.4. The van der Waals surface area contributed by atoms with E-state index in [4.69, 9.17) is 35.6 Å². The van der Waals surface area contributed by atoms with E-state index in [0.29, 0.717) is 12.1 Å². The molecule has 4 aromatic rings. The van der Waals surface area contributed by atoms with E-state index in [9.17, 15) is 4.79 Å². The first-order valence-electron chi connectivity index (χ1n) is 11.3. The van der Waals surface area contributed by atoms with E-state index in [-0.39, 0.29) is 19.6 Å². The fraction of sp³-hybridized carbons (Fsp3) is 0.360. The molecule has 11 heteroatoms. The minimum atomic E-state index is -0.979. The van der Waals surface area contributed by atoms with E-state index >= 15 is 0 Å². The lowest BCUT2D eigenvalue weighted by atomic mass is 10.1. The average Bonchev–Trinajstić information content (AvgIpc) is 3.44. The van der Waals surface area contributed by atoms with Gasteiger partial charge >= 0.3 is 0 Å². The molecule has 0 saturated carbocycles. The highest BCUT2D eigenvalue weighted by atomic mass is 32.1. The molecule has 0 fully saturated rings. The molecule has 0 spiro atoms. The number of hydrogen-bond donors (Lipinski definition) is 5. The summed E-state index contributed by atoms with van der Waals surface area (Å²) in [6.07, 6.45) is -0.628. The number of para-hydroxylation sites is 1. The van der Waals surface area contributed by atoms with E-state index in [1.165, 1.54) is 6.92 Å². The quantitative estimate of drug-likeness (QED) is 0.199. The Morgan fingerprint density at radius 3 is 2.53 bits per heavy atom. The molecule has 36 heavy (non-hydrogen) atoms. The smallest absolute Gasteiger partial charge is 0.250 e. The molecule has 2 aromatic heterocycles. The number of ether oxygens (including phenoxy) is 2. The number of carbonyl (C=O) groups is 1. The van der Waals surface area contributed by atoms with Crippen LogP contribution >= 0.6 is 11.3 Å². The van der Waals surface area contributed by atoms with Crippen molar-refractivity contribution in [3.8, 4) is 5.75 Å². The summed E-state index contributed by atoms with van der Waals surface area (Å²) in [5.74, 6) is 0.301. The first-order chi connectivity index (χ1) is 17.2. The lowest BCUT2D eigenvalue weighted by Gasteiger charge is -2.19. The molecule has 4 rings (SSSR count). The van der Waals surface area contributed by atoms with E-state index in [2.05, 4.69) is 11.1 Å². The van der Waals surface area contributed by atoms with Gasteiger partial charge in [0.05, 0.1) is 60.4 Å². The number of fused-ring (bicyclic) bond motifs is 2. The van der Waals surface area contributed by atoms with Crippen molar-refractivity contribution in [2.45, 2.75) is 38.4 Å². The van der Waals surface area contributed by atoms with Gasteiger partial charge in [0.2, 0.25) is 0 Å². The topological polar surface area (TPSA) is 160 Å². The lowest BCUT2D eigenvalue weighted by molar-refractivity contribution is -0.146. The van der Waals surface area contributed by atoms with Gasteiger partial charge in [0.15, 0.2) is 6.29 Å². The first kappa shape index (κ1) is 27.5. The summed E-state index contributed by atoms with van der Waals surface area (Å²) in [6.45, 7) is 1.33. The molecule has 2 aromatic carbocycles. The van der Waals surface area contributed by atoms with Crippen LogP contribution in [0.4, 0.5) is 0 Å². The summed E-state index contributed by atoms with van der Waals surface area (Å²) < 4.78 is 13.3. The van der Waals surface area contributed by atoms with Gasteiger partial charge < -0.3 is 40.2 Å². The lowest BCUT2D eigenvalue weighted by Crippen LogP contribution is -2.29. The number of primary amides is 1. The van der Waals surface area contributed by atoms with E-state index < -0.39 is 24.4 Å². The third kappa shape index (κ3) is 7.00. The highest BCUT2D eigenvalue weighted by molar-refractivity contribution is 7.18. The molecule has 6 N–H and O–H groups in total. The van der Waals surface area contributed by atoms with Crippen LogP contribution in [-0.4, -0.2) is 74.7 Å². The number of thiazole rings is 1. The third-order valence-corrected chi connectivity index (χ3v) is 6.36. The van der Waals surface area contributed by atoms with Crippen LogP contribution in [0.15, 0.2) is 48.7 Å². The van der Waals surface area contributed by atoms with Crippen molar-refractivity contribution in [2.24, 2.45) is 5.73 Å². The monoisotopic (exact) mass is 517 g/mol. The second kappa shape index (κ2) is 12.8. The van der Waals surface area contributed by atoms with Crippen molar-refractivity contribution in [2.75, 3.05) is 20.3 Å². The van der Waals surface area contributed by atoms with Crippen molar-refractivity contribution in [1.29, 1.82) is 0 Å². The van der Waals surface area contributed by atoms with Gasteiger partial charge in [-0.1, -0.05) is 12.1 Å². The largest absolute Gasteiger partial charge is 0.497 e. The first-order valence-corrected chi connectivity index (χ1v) is 12.1. The maximum absolute atomic E-state index is 11.7. The highest BCUT2D eigenvalue weighted by Gasteiger charge is 2.16. The number of rotatable bonds is 10. The second-order valence-electron chi connectivity index (χ2n) is 8.11. The van der Waals surface area contributed by atoms with Crippen molar-refractivity contribution in [1.82, 2.24) is 9.55 Å². The predicted octanol–water partition coefficient (Wildman–Crippen LogP) is 1.85. The zero-order valence-electron chi connectivity index (χ0n) is 20.1. The van der Waals surface area contributed by atoms with Crippen LogP contribution in [0.2, 0.25) is 0 Å². The van der Waals surface area contributed by atoms with Crippen LogP contribution in [0.25, 0.3) is 21.1 Å². The number of aliphatic hydroxyl groups excluding tert-OH is 4. The van der Waals surface area contributed by atoms with Gasteiger partial charge in [0.25, 0.3) is 5.91 Å². The molecular weight excluding hydrogens is 486 g/mol. The van der Waals surface area contributed by atoms with Gasteiger partial charge in [-0.05, 0) is 31.2 Å². The maximum Gasteiger partial charge on any atom is 0.250 e. The molecule has 0 radical (unpaired) electrons. The third-order valence-electron chi connectivity index (χ3n) is 5.34. The van der Waals surface area contributed by atoms with Gasteiger partial charge in [-0.3, -0.25) is 4.79 Å². The van der Waals surface area contributed by atoms with Gasteiger partial charge in [0.1, 0.15) is 10.8 Å². The molecule has 0 bridgehead atoms. The Morgan fingerprint density at radius 2 is 1.92 bits per heavy atom. The van der Waals surface area contributed by atoms with Crippen LogP contribution in [0.3, 0.4) is 0 Å². The van der Waals surface area contributed by atoms with Crippen molar-refractivity contribution in [3.63, 3.8) is 0 Å². The normalized spacial score (nSPS) is 13.7. The number of amides is 1. The molecule has 0 saturated heterocycles. The zero-order chi connectivity index (χ0) is 26.2. The summed E-state index contributed by atoms with van der Waals surface area (Å²) >= 11 is 1.65. The Kier molecular flexibility index (Phi) is 9.76. The van der Waals surface area contributed by atoms with Gasteiger partial charge in [0, 0.05) is 24.1 Å². The van der Waals surface area contributed by atoms with Gasteiger partial charge in [-0.25, -0.2) is 4.98 Å². The number of carbonyl (C=O) groups excluding carboxylic acids is 1. The highest BCUT2D eigenvalue weighted by Crippen LogP contribution is 2.28. The summed E-state index contributed by atoms with van der Waals surface area (Å²) in [6, 6.07) is 13.6. The van der Waals surface area contributed by atoms with Crippen LogP contribution < -0.4 is 10.5 Å². The van der Waals surface area contributed by atoms with Crippen molar-refractivity contribution in [3.05, 3.63) is 59.2 Å². The molecule has 0 aliphatic carbocycles. The maximum atomic E-state index is 11.7. The SMILES string of the molecule is CC(O)OC(CO)CC(O)CO.COc1ccc2c(C(N)=O)cn(Cc3nc4ccccc4s3)c2c1. The minimum absolute atomic E-state index is 0.109. The molecule has 1 amide bonds. The molecule has 2 heterocycles. The number of aromatic nitrogens is 2. The van der Waals surface area contributed by atoms with Crippen LogP contribution in [0.1, 0.15) is 28.7 Å². The van der Waals surface area contributed by atoms with Gasteiger partial charge in [-0.2, -0.15) is 0 Å². The standard InChI is InChI=1S/C18H15N3O2S.C7H16O5/c1-23-11-6-7-12-13(18(19)22)9-21(15(12)8-11)10-17-20-14-4-2-3-5-16(14)24-17;1-5(10)12-7(4-9)2-6(11)3-8/h2-9H,10H2,1H3,(H2,19,22);5-11H,2-4H2,1H3. The fourth-order valence-electron chi connectivity index (χ4n) is 3.69. The van der Waals surface area contributed by atoms with E-state index in [0.717, 1.165) is 31.9 Å². The van der Waals surface area contributed by atoms with Gasteiger partial charge in [-0.15, -0.1) is 11.3 Å². The van der Waals surface area contributed by atoms with E-state index in [1.807, 2.05) is 41.0 Å². The van der Waals surface area contributed by atoms with Crippen LogP contribution in [0.5, 0.6) is 5.75 Å². The van der Waals surface area contributed by atoms with Crippen molar-refractivity contribution >= 4 is 38.4 Å². The Balaban J connectivity index is 0.000000257. The average molecular weight is 518 g/mol. The molecule has 3 atom stereocenters. The molecular formula is C25H31N3O7S. The predicted molar refractivity (Wildman–Crippen MR) is 137 cm³/mol. The Labute approximate surface area is 212 Å². The number of hydrogen-bond acceptors (Lipinski definition) is 9. The Bertz CT molecular complexity index is 1250. The number of benzene rings is 2. The van der Waals surface area contributed by atoms with E-state index in [1.54, 1.807) is 24.6 Å². The molecule has 194 valence electrons.